The van der Waals surface area contributed by atoms with Gasteiger partial charge in [-0.15, -0.1) is 0 Å². The standard InChI is InChI=1S/C34H51F2N9O2/c1-2-42-16-12-9-13-26(42)33(47)44-19-17-43(18-20-44)29-24(35)21-38-22-25(29)40-32(46)28-30(37)41-45-31(28)39-23-27(36)34(45)14-10-7-5-3-4-6-8-11-15-34/h21-22,26-27,39H,2-20,23H2,1H3,(H2,37,41)(H,40,46). The highest BCUT2D eigenvalue weighted by atomic mass is 19.1. The van der Waals surface area contributed by atoms with E-state index in [4.69, 9.17) is 5.73 Å². The van der Waals surface area contributed by atoms with Crippen LogP contribution in [0.5, 0.6) is 0 Å². The highest BCUT2D eigenvalue weighted by Crippen LogP contribution is 2.43. The number of hydrogen-bond donors (Lipinski definition) is 3. The van der Waals surface area contributed by atoms with E-state index in [1.807, 2.05) is 9.80 Å². The van der Waals surface area contributed by atoms with Gasteiger partial charge in [-0.25, -0.2) is 13.5 Å². The molecule has 2 saturated heterocycles. The van der Waals surface area contributed by atoms with Crippen molar-refractivity contribution in [1.82, 2.24) is 24.6 Å². The first-order chi connectivity index (χ1) is 22.8. The second kappa shape index (κ2) is 14.7. The van der Waals surface area contributed by atoms with Crippen molar-refractivity contribution < 1.29 is 18.4 Å². The molecule has 6 rings (SSSR count). The lowest BCUT2D eigenvalue weighted by Crippen LogP contribution is -2.56. The number of amides is 2. The van der Waals surface area contributed by atoms with E-state index < -0.39 is 23.4 Å². The van der Waals surface area contributed by atoms with Crippen LogP contribution >= 0.6 is 0 Å². The second-order valence-electron chi connectivity index (χ2n) is 13.7. The molecule has 2 aromatic heterocycles. The van der Waals surface area contributed by atoms with Crippen molar-refractivity contribution in [2.75, 3.05) is 67.1 Å². The van der Waals surface area contributed by atoms with Gasteiger partial charge < -0.3 is 26.2 Å². The molecule has 3 fully saturated rings. The number of nitrogens with two attached hydrogens (primary N) is 1. The molecule has 5 heterocycles. The molecular weight excluding hydrogens is 604 g/mol. The van der Waals surface area contributed by atoms with Gasteiger partial charge in [0.25, 0.3) is 5.91 Å². The number of halogens is 2. The molecule has 258 valence electrons. The summed E-state index contributed by atoms with van der Waals surface area (Å²) in [5, 5.41) is 10.5. The minimum Gasteiger partial charge on any atom is -0.381 e. The maximum atomic E-state index is 15.9. The van der Waals surface area contributed by atoms with Gasteiger partial charge in [-0.3, -0.25) is 19.5 Å². The first kappa shape index (κ1) is 33.4. The topological polar surface area (TPSA) is 125 Å². The Labute approximate surface area is 276 Å². The molecule has 4 N–H and O–H groups in total. The number of likely N-dealkylation sites (tertiary alicyclic amines) is 1. The summed E-state index contributed by atoms with van der Waals surface area (Å²) < 4.78 is 33.0. The molecule has 11 nitrogen and oxygen atoms in total. The average Bonchev–Trinajstić information content (AvgIpc) is 3.40. The molecule has 1 aliphatic carbocycles. The predicted molar refractivity (Wildman–Crippen MR) is 180 cm³/mol. The van der Waals surface area contributed by atoms with Gasteiger partial charge >= 0.3 is 0 Å². The minimum atomic E-state index is -1.17. The lowest BCUT2D eigenvalue weighted by Gasteiger charge is -2.42. The highest BCUT2D eigenvalue weighted by molar-refractivity contribution is 6.12. The Balaban J connectivity index is 1.20. The molecule has 3 aliphatic heterocycles. The van der Waals surface area contributed by atoms with E-state index in [-0.39, 0.29) is 41.2 Å². The van der Waals surface area contributed by atoms with Crippen LogP contribution in [0.1, 0.15) is 101 Å². The Morgan fingerprint density at radius 1 is 0.979 bits per heavy atom. The quantitative estimate of drug-likeness (QED) is 0.404. The van der Waals surface area contributed by atoms with Crippen LogP contribution in [-0.4, -0.2) is 94.4 Å². The maximum absolute atomic E-state index is 15.9. The van der Waals surface area contributed by atoms with Crippen LogP contribution in [0.2, 0.25) is 0 Å². The van der Waals surface area contributed by atoms with Crippen molar-refractivity contribution >= 4 is 34.8 Å². The molecular formula is C34H51F2N9O2. The van der Waals surface area contributed by atoms with Gasteiger partial charge in [-0.05, 0) is 38.8 Å². The van der Waals surface area contributed by atoms with Gasteiger partial charge in [0, 0.05) is 32.7 Å². The first-order valence-corrected chi connectivity index (χ1v) is 17.8. The number of nitrogen functional groups attached to an aromatic ring is 1. The van der Waals surface area contributed by atoms with E-state index in [0.717, 1.165) is 77.1 Å². The fourth-order valence-corrected chi connectivity index (χ4v) is 8.26. The number of rotatable bonds is 5. The van der Waals surface area contributed by atoms with Crippen LogP contribution in [0.3, 0.4) is 0 Å². The van der Waals surface area contributed by atoms with Gasteiger partial charge in [0.05, 0.1) is 29.7 Å². The number of anilines is 4. The summed E-state index contributed by atoms with van der Waals surface area (Å²) in [7, 11) is 0. The Bertz CT molecular complexity index is 1400. The molecule has 2 amide bonds. The number of piperidine rings is 1. The largest absolute Gasteiger partial charge is 0.381 e. The van der Waals surface area contributed by atoms with Gasteiger partial charge in [0.15, 0.2) is 11.6 Å². The number of nitrogens with zero attached hydrogens (tertiary/aromatic N) is 6. The zero-order valence-corrected chi connectivity index (χ0v) is 27.8. The lowest BCUT2D eigenvalue weighted by molar-refractivity contribution is -0.138. The number of fused-ring (bicyclic) bond motifs is 2. The van der Waals surface area contributed by atoms with E-state index in [0.29, 0.717) is 44.8 Å². The number of pyridine rings is 1. The summed E-state index contributed by atoms with van der Waals surface area (Å²) >= 11 is 0. The zero-order valence-electron chi connectivity index (χ0n) is 27.8. The summed E-state index contributed by atoms with van der Waals surface area (Å²) in [6.07, 6.45) is 14.2. The summed E-state index contributed by atoms with van der Waals surface area (Å²) in [5.41, 5.74) is 6.10. The molecule has 2 aromatic rings. The van der Waals surface area contributed by atoms with Crippen LogP contribution in [0.15, 0.2) is 12.4 Å². The number of alkyl halides is 1. The van der Waals surface area contributed by atoms with Crippen molar-refractivity contribution in [2.45, 2.75) is 108 Å². The molecule has 2 unspecified atom stereocenters. The summed E-state index contributed by atoms with van der Waals surface area (Å²) in [6.45, 7) is 5.70. The SMILES string of the molecule is CCN1CCCCC1C(=O)N1CCN(c2c(F)cncc2NC(=O)c2c(N)nn3c2NCC(F)C32CCCCCCCCCC2)CC1. The molecule has 4 aliphatic rings. The van der Waals surface area contributed by atoms with Gasteiger partial charge in [0.1, 0.15) is 23.2 Å². The highest BCUT2D eigenvalue weighted by Gasteiger charge is 2.47. The van der Waals surface area contributed by atoms with Crippen molar-refractivity contribution in [3.8, 4) is 0 Å². The zero-order chi connectivity index (χ0) is 33.0. The smallest absolute Gasteiger partial charge is 0.263 e. The third kappa shape index (κ3) is 6.77. The molecule has 0 radical (unpaired) electrons. The van der Waals surface area contributed by atoms with Gasteiger partial charge in [-0.1, -0.05) is 64.7 Å². The van der Waals surface area contributed by atoms with E-state index in [1.165, 1.54) is 19.0 Å². The van der Waals surface area contributed by atoms with E-state index >= 15 is 8.78 Å². The molecule has 13 heteroatoms. The van der Waals surface area contributed by atoms with Crippen molar-refractivity contribution in [2.24, 2.45) is 0 Å². The number of piperazine rings is 1. The van der Waals surface area contributed by atoms with Crippen LogP contribution in [0.25, 0.3) is 0 Å². The molecule has 47 heavy (non-hydrogen) atoms. The van der Waals surface area contributed by atoms with E-state index in [1.54, 1.807) is 4.68 Å². The molecule has 0 aromatic carbocycles. The minimum absolute atomic E-state index is 0.00895. The fraction of sp³-hybridized carbons (Fsp3) is 0.706. The Hall–Kier alpha value is -3.48. The van der Waals surface area contributed by atoms with Gasteiger partial charge in [0.2, 0.25) is 5.91 Å². The van der Waals surface area contributed by atoms with Crippen LogP contribution in [-0.2, 0) is 10.3 Å². The summed E-state index contributed by atoms with van der Waals surface area (Å²) in [5.74, 6) is -0.560. The van der Waals surface area contributed by atoms with Crippen molar-refractivity contribution in [1.29, 1.82) is 0 Å². The molecule has 1 spiro atoms. The average molecular weight is 656 g/mol. The Kier molecular flexibility index (Phi) is 10.5. The van der Waals surface area contributed by atoms with Crippen LogP contribution < -0.4 is 21.3 Å². The van der Waals surface area contributed by atoms with Crippen molar-refractivity contribution in [3.05, 3.63) is 23.8 Å². The monoisotopic (exact) mass is 655 g/mol. The molecule has 0 bridgehead atoms. The van der Waals surface area contributed by atoms with Crippen LogP contribution in [0.4, 0.5) is 31.8 Å². The number of nitrogens with one attached hydrogen (secondary N) is 2. The number of carbonyl (C=O) groups is 2. The van der Waals surface area contributed by atoms with Crippen molar-refractivity contribution in [3.63, 3.8) is 0 Å². The summed E-state index contributed by atoms with van der Waals surface area (Å²) in [4.78, 5) is 37.3. The van der Waals surface area contributed by atoms with E-state index in [9.17, 15) is 9.59 Å². The number of carbonyl (C=O) groups excluding carboxylic acids is 2. The molecule has 1 saturated carbocycles. The third-order valence-corrected chi connectivity index (χ3v) is 10.9. The predicted octanol–water partition coefficient (Wildman–Crippen LogP) is 5.15. The maximum Gasteiger partial charge on any atom is 0.263 e. The number of hydrogen-bond acceptors (Lipinski definition) is 8. The molecule has 2 atom stereocenters. The Morgan fingerprint density at radius 3 is 2.34 bits per heavy atom. The summed E-state index contributed by atoms with van der Waals surface area (Å²) in [6, 6.07) is -0.0958. The first-order valence-electron chi connectivity index (χ1n) is 17.8. The fourth-order valence-electron chi connectivity index (χ4n) is 8.26. The third-order valence-electron chi connectivity index (χ3n) is 10.9. The van der Waals surface area contributed by atoms with Crippen LogP contribution in [0, 0.1) is 5.82 Å². The second-order valence-corrected chi connectivity index (χ2v) is 13.7. The Morgan fingerprint density at radius 2 is 1.66 bits per heavy atom. The van der Waals surface area contributed by atoms with E-state index in [2.05, 4.69) is 32.5 Å². The normalized spacial score (nSPS) is 24.2. The lowest BCUT2D eigenvalue weighted by atomic mass is 9.81. The number of aromatic nitrogens is 3. The number of likely N-dealkylation sites (N-methyl/N-ethyl adjacent to an activating group) is 1. The van der Waals surface area contributed by atoms with Gasteiger partial charge in [-0.2, -0.15) is 5.10 Å².